The van der Waals surface area contributed by atoms with Crippen molar-refractivity contribution in [1.29, 1.82) is 0 Å². The molecule has 0 atom stereocenters. The molecule has 0 bridgehead atoms. The Bertz CT molecular complexity index is 767. The van der Waals surface area contributed by atoms with Crippen LogP contribution >= 0.6 is 0 Å². The van der Waals surface area contributed by atoms with Gasteiger partial charge in [0.15, 0.2) is 0 Å². The molecule has 5 heterocycles. The second-order valence-electron chi connectivity index (χ2n) is 7.08. The molecule has 3 aliphatic rings. The molecule has 8 nitrogen and oxygen atoms in total. The molecule has 8 heteroatoms. The van der Waals surface area contributed by atoms with Crippen molar-refractivity contribution in [1.82, 2.24) is 24.5 Å². The highest BCUT2D eigenvalue weighted by atomic mass is 16.5. The van der Waals surface area contributed by atoms with Crippen LogP contribution in [-0.2, 0) is 29.2 Å². The molecule has 2 fully saturated rings. The lowest BCUT2D eigenvalue weighted by atomic mass is 10.1. The molecular formula is C17H22N6O2. The largest absolute Gasteiger partial charge is 0.373 e. The van der Waals surface area contributed by atoms with Crippen LogP contribution in [0.3, 0.4) is 0 Å². The molecule has 3 aliphatic heterocycles. The summed E-state index contributed by atoms with van der Waals surface area (Å²) in [6.45, 7) is 5.89. The number of carbonyl (C=O) groups is 1. The number of nitrogens with zero attached hydrogens (tertiary/aromatic N) is 6. The number of anilines is 1. The standard InChI is InChI=1S/C17H22N6O2/c24-17-2-1-3-21(17)15-7-18-23(11-15)16-9-20(10-16)8-13-6-14-12-25-5-4-22(14)19-13/h6-7,11,16H,1-5,8-10,12H2. The van der Waals surface area contributed by atoms with Gasteiger partial charge in [0.1, 0.15) is 0 Å². The van der Waals surface area contributed by atoms with Gasteiger partial charge in [0.05, 0.1) is 49.1 Å². The fraction of sp³-hybridized carbons (Fsp3) is 0.588. The van der Waals surface area contributed by atoms with Gasteiger partial charge in [-0.15, -0.1) is 0 Å². The molecule has 1 amide bonds. The van der Waals surface area contributed by atoms with Gasteiger partial charge in [0, 0.05) is 38.8 Å². The van der Waals surface area contributed by atoms with Gasteiger partial charge in [-0.2, -0.15) is 10.2 Å². The van der Waals surface area contributed by atoms with Crippen LogP contribution in [0.1, 0.15) is 30.3 Å². The van der Waals surface area contributed by atoms with Crippen LogP contribution in [0.4, 0.5) is 5.69 Å². The van der Waals surface area contributed by atoms with E-state index in [0.29, 0.717) is 19.1 Å². The van der Waals surface area contributed by atoms with Crippen LogP contribution in [0.5, 0.6) is 0 Å². The lowest BCUT2D eigenvalue weighted by molar-refractivity contribution is -0.117. The maximum atomic E-state index is 11.8. The molecule has 0 N–H and O–H groups in total. The summed E-state index contributed by atoms with van der Waals surface area (Å²) in [4.78, 5) is 16.1. The van der Waals surface area contributed by atoms with Crippen LogP contribution in [-0.4, -0.2) is 56.6 Å². The molecule has 0 aliphatic carbocycles. The zero-order valence-electron chi connectivity index (χ0n) is 14.2. The average molecular weight is 342 g/mol. The Morgan fingerprint density at radius 3 is 3.00 bits per heavy atom. The van der Waals surface area contributed by atoms with Crippen LogP contribution < -0.4 is 4.90 Å². The van der Waals surface area contributed by atoms with Gasteiger partial charge in [0.25, 0.3) is 0 Å². The summed E-state index contributed by atoms with van der Waals surface area (Å²) in [6.07, 6.45) is 5.43. The maximum absolute atomic E-state index is 11.8. The van der Waals surface area contributed by atoms with Crippen molar-refractivity contribution < 1.29 is 9.53 Å². The second kappa shape index (κ2) is 5.96. The van der Waals surface area contributed by atoms with E-state index in [1.807, 2.05) is 22.0 Å². The van der Waals surface area contributed by atoms with Crippen molar-refractivity contribution in [3.05, 3.63) is 29.8 Å². The number of amides is 1. The summed E-state index contributed by atoms with van der Waals surface area (Å²) < 4.78 is 9.53. The smallest absolute Gasteiger partial charge is 0.227 e. The van der Waals surface area contributed by atoms with E-state index in [1.165, 1.54) is 5.69 Å². The Morgan fingerprint density at radius 1 is 1.28 bits per heavy atom. The summed E-state index contributed by atoms with van der Waals surface area (Å²) in [5.74, 6) is 0.211. The van der Waals surface area contributed by atoms with Gasteiger partial charge in [-0.25, -0.2) is 0 Å². The van der Waals surface area contributed by atoms with E-state index in [2.05, 4.69) is 25.8 Å². The quantitative estimate of drug-likeness (QED) is 0.822. The molecule has 0 unspecified atom stereocenters. The number of hydrogen-bond donors (Lipinski definition) is 0. The van der Waals surface area contributed by atoms with Gasteiger partial charge < -0.3 is 9.64 Å². The molecule has 0 aromatic carbocycles. The fourth-order valence-corrected chi connectivity index (χ4v) is 3.89. The number of aromatic nitrogens is 4. The van der Waals surface area contributed by atoms with Gasteiger partial charge >= 0.3 is 0 Å². The number of likely N-dealkylation sites (tertiary alicyclic amines) is 1. The Morgan fingerprint density at radius 2 is 2.20 bits per heavy atom. The minimum Gasteiger partial charge on any atom is -0.373 e. The van der Waals surface area contributed by atoms with Crippen LogP contribution in [0, 0.1) is 0 Å². The Labute approximate surface area is 145 Å². The van der Waals surface area contributed by atoms with Crippen LogP contribution in [0.15, 0.2) is 18.5 Å². The van der Waals surface area contributed by atoms with E-state index in [-0.39, 0.29) is 5.91 Å². The summed E-state index contributed by atoms with van der Waals surface area (Å²) in [5, 5.41) is 9.14. The molecule has 0 radical (unpaired) electrons. The van der Waals surface area contributed by atoms with E-state index >= 15 is 0 Å². The van der Waals surface area contributed by atoms with Crippen LogP contribution in [0.2, 0.25) is 0 Å². The maximum Gasteiger partial charge on any atom is 0.227 e. The first kappa shape index (κ1) is 15.1. The van der Waals surface area contributed by atoms with Crippen molar-refractivity contribution in [3.8, 4) is 0 Å². The lowest BCUT2D eigenvalue weighted by Gasteiger charge is -2.38. The van der Waals surface area contributed by atoms with E-state index in [9.17, 15) is 4.79 Å². The first-order chi connectivity index (χ1) is 12.3. The number of rotatable bonds is 4. The minimum absolute atomic E-state index is 0.211. The predicted octanol–water partition coefficient (Wildman–Crippen LogP) is 0.793. The Balaban J connectivity index is 1.19. The highest BCUT2D eigenvalue weighted by Crippen LogP contribution is 2.26. The van der Waals surface area contributed by atoms with Crippen molar-refractivity contribution in [3.63, 3.8) is 0 Å². The molecule has 2 saturated heterocycles. The van der Waals surface area contributed by atoms with Crippen molar-refractivity contribution in [2.45, 2.75) is 38.6 Å². The summed E-state index contributed by atoms with van der Waals surface area (Å²) in [5.41, 5.74) is 3.22. The average Bonchev–Trinajstić information content (AvgIpc) is 3.28. The predicted molar refractivity (Wildman–Crippen MR) is 90.0 cm³/mol. The van der Waals surface area contributed by atoms with Gasteiger partial charge in [0.2, 0.25) is 5.91 Å². The monoisotopic (exact) mass is 342 g/mol. The highest BCUT2D eigenvalue weighted by Gasteiger charge is 2.31. The molecule has 2 aromatic heterocycles. The zero-order valence-corrected chi connectivity index (χ0v) is 14.2. The number of carbonyl (C=O) groups excluding carboxylic acids is 1. The van der Waals surface area contributed by atoms with Gasteiger partial charge in [-0.1, -0.05) is 0 Å². The SMILES string of the molecule is O=C1CCCN1c1cnn(C2CN(Cc3cc4n(n3)CCOC4)C2)c1. The highest BCUT2D eigenvalue weighted by molar-refractivity contribution is 5.95. The molecular weight excluding hydrogens is 320 g/mol. The molecule has 0 spiro atoms. The minimum atomic E-state index is 0.211. The summed E-state index contributed by atoms with van der Waals surface area (Å²) in [6, 6.07) is 2.53. The third-order valence-corrected chi connectivity index (χ3v) is 5.28. The molecule has 25 heavy (non-hydrogen) atoms. The fourth-order valence-electron chi connectivity index (χ4n) is 3.89. The van der Waals surface area contributed by atoms with E-state index in [0.717, 1.165) is 57.1 Å². The van der Waals surface area contributed by atoms with E-state index in [4.69, 9.17) is 4.74 Å². The van der Waals surface area contributed by atoms with E-state index in [1.54, 1.807) is 0 Å². The second-order valence-corrected chi connectivity index (χ2v) is 7.08. The normalized spacial score (nSPS) is 21.6. The number of hydrogen-bond acceptors (Lipinski definition) is 5. The molecule has 2 aromatic rings. The number of ether oxygens (including phenoxy) is 1. The third-order valence-electron chi connectivity index (χ3n) is 5.28. The van der Waals surface area contributed by atoms with Crippen LogP contribution in [0.25, 0.3) is 0 Å². The molecule has 132 valence electrons. The van der Waals surface area contributed by atoms with Crippen molar-refractivity contribution in [2.24, 2.45) is 0 Å². The Kier molecular flexibility index (Phi) is 3.60. The van der Waals surface area contributed by atoms with E-state index < -0.39 is 0 Å². The number of fused-ring (bicyclic) bond motifs is 1. The topological polar surface area (TPSA) is 68.4 Å². The van der Waals surface area contributed by atoms with Gasteiger partial charge in [-0.05, 0) is 12.5 Å². The Hall–Kier alpha value is -2.19. The molecule has 0 saturated carbocycles. The zero-order chi connectivity index (χ0) is 16.8. The lowest BCUT2D eigenvalue weighted by Crippen LogP contribution is -2.47. The third kappa shape index (κ3) is 2.75. The summed E-state index contributed by atoms with van der Waals surface area (Å²) >= 11 is 0. The van der Waals surface area contributed by atoms with Gasteiger partial charge in [-0.3, -0.25) is 19.1 Å². The van der Waals surface area contributed by atoms with Crippen molar-refractivity contribution in [2.75, 3.05) is 31.1 Å². The summed E-state index contributed by atoms with van der Waals surface area (Å²) in [7, 11) is 0. The first-order valence-electron chi connectivity index (χ1n) is 8.96. The molecule has 5 rings (SSSR count). The first-order valence-corrected chi connectivity index (χ1v) is 8.96. The van der Waals surface area contributed by atoms with Crippen molar-refractivity contribution >= 4 is 11.6 Å².